The molecule has 0 saturated carbocycles. The van der Waals surface area contributed by atoms with Crippen LogP contribution in [0.5, 0.6) is 0 Å². The summed E-state index contributed by atoms with van der Waals surface area (Å²) in [5.41, 5.74) is 10.3. The first-order valence-corrected chi connectivity index (χ1v) is 17.3. The maximum absolute atomic E-state index is 6.64. The van der Waals surface area contributed by atoms with Gasteiger partial charge >= 0.3 is 0 Å². The largest absolute Gasteiger partial charge is 0.455 e. The first-order valence-electron chi connectivity index (χ1n) is 17.3. The standard InChI is InChI=1S/C48H28N2O/c1-2-11-32(12-3-1)45-41-25-24-30-10-4-5-15-35(30)46(41)50-48(49-45)34-14-8-13-33(28-34)29-20-22-31(23-21-29)36-26-27-40-38-17-7-6-16-37(38)39-18-9-19-42-43(39)44(40)47(36)51-42/h1-28H. The normalized spacial score (nSPS) is 11.9. The molecule has 0 spiro atoms. The maximum Gasteiger partial charge on any atom is 0.160 e. The van der Waals surface area contributed by atoms with Gasteiger partial charge in [0.25, 0.3) is 0 Å². The summed E-state index contributed by atoms with van der Waals surface area (Å²) in [6.07, 6.45) is 0. The zero-order valence-electron chi connectivity index (χ0n) is 27.5. The summed E-state index contributed by atoms with van der Waals surface area (Å²) in [6, 6.07) is 60.1. The lowest BCUT2D eigenvalue weighted by atomic mass is 9.91. The molecule has 0 bridgehead atoms. The molecule has 0 aliphatic carbocycles. The Hall–Kier alpha value is -6.84. The zero-order valence-corrected chi connectivity index (χ0v) is 27.5. The van der Waals surface area contributed by atoms with Gasteiger partial charge in [-0.3, -0.25) is 0 Å². The Bertz CT molecular complexity index is 3120. The third-order valence-corrected chi connectivity index (χ3v) is 10.4. The zero-order chi connectivity index (χ0) is 33.5. The molecule has 2 aromatic heterocycles. The van der Waals surface area contributed by atoms with E-state index in [1.807, 2.05) is 6.07 Å². The highest BCUT2D eigenvalue weighted by Gasteiger charge is 2.20. The van der Waals surface area contributed by atoms with E-state index in [9.17, 15) is 0 Å². The predicted molar refractivity (Wildman–Crippen MR) is 212 cm³/mol. The fraction of sp³-hybridized carbons (Fsp3) is 0. The second-order valence-electron chi connectivity index (χ2n) is 13.3. The van der Waals surface area contributed by atoms with Gasteiger partial charge in [0.15, 0.2) is 5.82 Å². The Kier molecular flexibility index (Phi) is 5.96. The van der Waals surface area contributed by atoms with E-state index in [1.54, 1.807) is 0 Å². The third-order valence-electron chi connectivity index (χ3n) is 10.4. The number of hydrogen-bond acceptors (Lipinski definition) is 3. The monoisotopic (exact) mass is 648 g/mol. The molecule has 2 heterocycles. The van der Waals surface area contributed by atoms with Crippen molar-refractivity contribution in [1.29, 1.82) is 0 Å². The minimum absolute atomic E-state index is 0.714. The Morgan fingerprint density at radius 1 is 0.373 bits per heavy atom. The van der Waals surface area contributed by atoms with Crippen LogP contribution in [0, 0.1) is 0 Å². The highest BCUT2D eigenvalue weighted by Crippen LogP contribution is 2.45. The van der Waals surface area contributed by atoms with Crippen LogP contribution in [0.15, 0.2) is 174 Å². The maximum atomic E-state index is 6.64. The highest BCUT2D eigenvalue weighted by molar-refractivity contribution is 6.34. The third kappa shape index (κ3) is 4.25. The lowest BCUT2D eigenvalue weighted by molar-refractivity contribution is 0.670. The number of aromatic nitrogens is 2. The van der Waals surface area contributed by atoms with E-state index in [-0.39, 0.29) is 0 Å². The van der Waals surface area contributed by atoms with Crippen molar-refractivity contribution >= 4 is 65.2 Å². The molecule has 0 saturated heterocycles. The van der Waals surface area contributed by atoms with Gasteiger partial charge in [-0.1, -0.05) is 146 Å². The number of rotatable bonds is 4. The topological polar surface area (TPSA) is 38.9 Å². The average Bonchev–Trinajstić information content (AvgIpc) is 3.61. The molecule has 3 nitrogen and oxygen atoms in total. The van der Waals surface area contributed by atoms with Crippen LogP contribution in [0.25, 0.3) is 110 Å². The lowest BCUT2D eigenvalue weighted by Gasteiger charge is -2.12. The van der Waals surface area contributed by atoms with Crippen LogP contribution in [0.1, 0.15) is 0 Å². The molecule has 0 atom stereocenters. The van der Waals surface area contributed by atoms with Crippen molar-refractivity contribution < 1.29 is 4.42 Å². The summed E-state index contributed by atoms with van der Waals surface area (Å²) >= 11 is 0. The van der Waals surface area contributed by atoms with Gasteiger partial charge in [-0.15, -0.1) is 0 Å². The smallest absolute Gasteiger partial charge is 0.160 e. The molecule has 0 N–H and O–H groups in total. The second-order valence-corrected chi connectivity index (χ2v) is 13.3. The van der Waals surface area contributed by atoms with Crippen LogP contribution in [0.4, 0.5) is 0 Å². The molecular weight excluding hydrogens is 621 g/mol. The Balaban J connectivity index is 1.02. The van der Waals surface area contributed by atoms with Crippen LogP contribution in [0.2, 0.25) is 0 Å². The van der Waals surface area contributed by atoms with Gasteiger partial charge in [-0.25, -0.2) is 9.97 Å². The van der Waals surface area contributed by atoms with Crippen molar-refractivity contribution in [3.05, 3.63) is 170 Å². The molecule has 9 aromatic carbocycles. The number of furan rings is 1. The summed E-state index contributed by atoms with van der Waals surface area (Å²) in [5.74, 6) is 0.714. The molecule has 0 amide bonds. The number of benzene rings is 9. The molecule has 0 radical (unpaired) electrons. The second kappa shape index (κ2) is 10.8. The van der Waals surface area contributed by atoms with Crippen LogP contribution < -0.4 is 0 Å². The first kappa shape index (κ1) is 28.0. The van der Waals surface area contributed by atoms with Gasteiger partial charge in [-0.2, -0.15) is 0 Å². The Labute approximate surface area is 293 Å². The van der Waals surface area contributed by atoms with Gasteiger partial charge in [0.2, 0.25) is 0 Å². The van der Waals surface area contributed by atoms with E-state index in [2.05, 4.69) is 164 Å². The van der Waals surface area contributed by atoms with Crippen molar-refractivity contribution in [1.82, 2.24) is 9.97 Å². The highest BCUT2D eigenvalue weighted by atomic mass is 16.3. The Morgan fingerprint density at radius 2 is 1.02 bits per heavy atom. The Morgan fingerprint density at radius 3 is 1.86 bits per heavy atom. The number of fused-ring (bicyclic) bond motifs is 6. The van der Waals surface area contributed by atoms with Gasteiger partial charge in [0.1, 0.15) is 11.2 Å². The van der Waals surface area contributed by atoms with Crippen LogP contribution in [-0.2, 0) is 0 Å². The van der Waals surface area contributed by atoms with Crippen molar-refractivity contribution in [3.63, 3.8) is 0 Å². The summed E-state index contributed by atoms with van der Waals surface area (Å²) in [4.78, 5) is 10.4. The summed E-state index contributed by atoms with van der Waals surface area (Å²) in [6.45, 7) is 0. The van der Waals surface area contributed by atoms with Crippen molar-refractivity contribution in [2.24, 2.45) is 0 Å². The van der Waals surface area contributed by atoms with E-state index >= 15 is 0 Å². The number of nitrogens with zero attached hydrogens (tertiary/aromatic N) is 2. The summed E-state index contributed by atoms with van der Waals surface area (Å²) < 4.78 is 6.64. The molecule has 3 heteroatoms. The molecule has 0 aliphatic heterocycles. The van der Waals surface area contributed by atoms with Gasteiger partial charge in [0.05, 0.1) is 11.2 Å². The molecule has 51 heavy (non-hydrogen) atoms. The van der Waals surface area contributed by atoms with E-state index in [0.29, 0.717) is 5.82 Å². The van der Waals surface area contributed by atoms with Crippen molar-refractivity contribution in [3.8, 4) is 44.9 Å². The predicted octanol–water partition coefficient (Wildman–Crippen LogP) is 13.1. The molecule has 11 aromatic rings. The van der Waals surface area contributed by atoms with Gasteiger partial charge in [-0.05, 0) is 67.9 Å². The van der Waals surface area contributed by atoms with Crippen molar-refractivity contribution in [2.45, 2.75) is 0 Å². The number of hydrogen-bond donors (Lipinski definition) is 0. The van der Waals surface area contributed by atoms with E-state index in [1.165, 1.54) is 37.7 Å². The molecule has 11 rings (SSSR count). The van der Waals surface area contributed by atoms with Gasteiger partial charge in [0, 0.05) is 38.2 Å². The van der Waals surface area contributed by atoms with Crippen molar-refractivity contribution in [2.75, 3.05) is 0 Å². The summed E-state index contributed by atoms with van der Waals surface area (Å²) in [5, 5.41) is 10.7. The average molecular weight is 649 g/mol. The minimum atomic E-state index is 0.714. The van der Waals surface area contributed by atoms with E-state index in [4.69, 9.17) is 14.4 Å². The molecule has 0 unspecified atom stereocenters. The molecule has 0 fully saturated rings. The first-order chi connectivity index (χ1) is 25.3. The SMILES string of the molecule is c1ccc(-c2nc(-c3cccc(-c4ccc(-c5ccc6c7ccccc7c7cccc8oc5c6c87)cc4)c3)nc3c2ccc2ccccc23)cc1. The minimum Gasteiger partial charge on any atom is -0.455 e. The molecular formula is C48H28N2O. The van der Waals surface area contributed by atoms with E-state index < -0.39 is 0 Å². The fourth-order valence-corrected chi connectivity index (χ4v) is 8.04. The molecule has 236 valence electrons. The molecule has 0 aliphatic rings. The van der Waals surface area contributed by atoms with Crippen LogP contribution in [-0.4, -0.2) is 9.97 Å². The van der Waals surface area contributed by atoms with Gasteiger partial charge < -0.3 is 4.42 Å². The quantitative estimate of drug-likeness (QED) is 0.178. The lowest BCUT2D eigenvalue weighted by Crippen LogP contribution is -1.96. The fourth-order valence-electron chi connectivity index (χ4n) is 8.04. The van der Waals surface area contributed by atoms with Crippen LogP contribution >= 0.6 is 0 Å². The van der Waals surface area contributed by atoms with E-state index in [0.717, 1.165) is 66.5 Å². The summed E-state index contributed by atoms with van der Waals surface area (Å²) in [7, 11) is 0. The van der Waals surface area contributed by atoms with Crippen LogP contribution in [0.3, 0.4) is 0 Å².